The van der Waals surface area contributed by atoms with Crippen LogP contribution in [0.5, 0.6) is 0 Å². The summed E-state index contributed by atoms with van der Waals surface area (Å²) in [6, 6.07) is 0.220. The van der Waals surface area contributed by atoms with E-state index in [9.17, 15) is 4.79 Å². The molecule has 21 heavy (non-hydrogen) atoms. The standard InChI is InChI=1S/C15H24N4OS/c1-10(2)16-13(20)9-19-7-5-12(6-8-19)15-18-17-14(21-15)11-3-4-11/h10-12H,3-9H2,1-2H3,(H,16,20). The molecule has 1 saturated heterocycles. The van der Waals surface area contributed by atoms with Gasteiger partial charge in [-0.25, -0.2) is 0 Å². The molecule has 1 saturated carbocycles. The molecule has 0 radical (unpaired) electrons. The van der Waals surface area contributed by atoms with Gasteiger partial charge in [0.25, 0.3) is 0 Å². The van der Waals surface area contributed by atoms with E-state index in [0.29, 0.717) is 18.4 Å². The molecule has 0 bridgehead atoms. The number of nitrogens with zero attached hydrogens (tertiary/aromatic N) is 3. The summed E-state index contributed by atoms with van der Waals surface area (Å²) < 4.78 is 0. The van der Waals surface area contributed by atoms with Gasteiger partial charge in [-0.15, -0.1) is 21.5 Å². The van der Waals surface area contributed by atoms with Crippen LogP contribution >= 0.6 is 11.3 Å². The Hall–Kier alpha value is -1.01. The van der Waals surface area contributed by atoms with Gasteiger partial charge in [0.15, 0.2) is 0 Å². The van der Waals surface area contributed by atoms with Crippen LogP contribution in [0, 0.1) is 0 Å². The Labute approximate surface area is 130 Å². The number of aromatic nitrogens is 2. The van der Waals surface area contributed by atoms with Gasteiger partial charge in [0.1, 0.15) is 10.0 Å². The Morgan fingerprint density at radius 1 is 1.19 bits per heavy atom. The molecular weight excluding hydrogens is 284 g/mol. The number of amides is 1. The third kappa shape index (κ3) is 4.01. The molecule has 6 heteroatoms. The summed E-state index contributed by atoms with van der Waals surface area (Å²) in [5, 5.41) is 14.1. The zero-order chi connectivity index (χ0) is 14.8. The molecular formula is C15H24N4OS. The summed E-state index contributed by atoms with van der Waals surface area (Å²) in [5.41, 5.74) is 0. The van der Waals surface area contributed by atoms with Crippen LogP contribution in [-0.2, 0) is 4.79 Å². The van der Waals surface area contributed by atoms with Crippen molar-refractivity contribution >= 4 is 17.2 Å². The average molecular weight is 308 g/mol. The quantitative estimate of drug-likeness (QED) is 0.905. The molecule has 5 nitrogen and oxygen atoms in total. The van der Waals surface area contributed by atoms with Gasteiger partial charge in [-0.2, -0.15) is 0 Å². The van der Waals surface area contributed by atoms with Crippen LogP contribution in [0.4, 0.5) is 0 Å². The predicted molar refractivity (Wildman–Crippen MR) is 83.6 cm³/mol. The first kappa shape index (κ1) is 14.9. The van der Waals surface area contributed by atoms with Crippen LogP contribution in [0.25, 0.3) is 0 Å². The summed E-state index contributed by atoms with van der Waals surface area (Å²) in [6.07, 6.45) is 4.76. The average Bonchev–Trinajstić information content (AvgIpc) is 3.17. The van der Waals surface area contributed by atoms with Gasteiger partial charge in [0.05, 0.1) is 6.54 Å². The van der Waals surface area contributed by atoms with Crippen LogP contribution in [0.3, 0.4) is 0 Å². The number of rotatable bonds is 5. The van der Waals surface area contributed by atoms with Crippen LogP contribution < -0.4 is 5.32 Å². The number of nitrogens with one attached hydrogen (secondary N) is 1. The fourth-order valence-corrected chi connectivity index (χ4v) is 4.00. The molecule has 3 rings (SSSR count). The topological polar surface area (TPSA) is 58.1 Å². The molecule has 1 aliphatic heterocycles. The minimum absolute atomic E-state index is 0.135. The number of hydrogen-bond donors (Lipinski definition) is 1. The molecule has 2 heterocycles. The number of piperidine rings is 1. The molecule has 0 atom stereocenters. The van der Waals surface area contributed by atoms with Crippen molar-refractivity contribution in [1.29, 1.82) is 0 Å². The van der Waals surface area contributed by atoms with Gasteiger partial charge in [0.2, 0.25) is 5.91 Å². The lowest BCUT2D eigenvalue weighted by Gasteiger charge is -2.30. The highest BCUT2D eigenvalue weighted by Gasteiger charge is 2.30. The molecule has 1 aromatic rings. The first-order valence-electron chi connectivity index (χ1n) is 7.97. The Bertz CT molecular complexity index is 490. The van der Waals surface area contributed by atoms with Crippen LogP contribution in [0.1, 0.15) is 61.4 Å². The molecule has 1 amide bonds. The SMILES string of the molecule is CC(C)NC(=O)CN1CCC(c2nnc(C3CC3)s2)CC1. The minimum Gasteiger partial charge on any atom is -0.353 e. The summed E-state index contributed by atoms with van der Waals surface area (Å²) in [5.74, 6) is 1.38. The van der Waals surface area contributed by atoms with Crippen molar-refractivity contribution in [2.24, 2.45) is 0 Å². The van der Waals surface area contributed by atoms with E-state index in [1.807, 2.05) is 25.2 Å². The van der Waals surface area contributed by atoms with Gasteiger partial charge < -0.3 is 5.32 Å². The summed E-state index contributed by atoms with van der Waals surface area (Å²) in [7, 11) is 0. The molecule has 1 aliphatic carbocycles. The maximum Gasteiger partial charge on any atom is 0.234 e. The lowest BCUT2D eigenvalue weighted by molar-refractivity contribution is -0.123. The highest BCUT2D eigenvalue weighted by atomic mass is 32.1. The zero-order valence-electron chi connectivity index (χ0n) is 12.8. The highest BCUT2D eigenvalue weighted by Crippen LogP contribution is 2.42. The van der Waals surface area contributed by atoms with Crippen LogP contribution in [-0.4, -0.2) is 46.7 Å². The van der Waals surface area contributed by atoms with E-state index in [4.69, 9.17) is 0 Å². The van der Waals surface area contributed by atoms with Gasteiger partial charge in [-0.05, 0) is 52.6 Å². The zero-order valence-corrected chi connectivity index (χ0v) is 13.7. The molecule has 0 spiro atoms. The smallest absolute Gasteiger partial charge is 0.234 e. The van der Waals surface area contributed by atoms with E-state index >= 15 is 0 Å². The van der Waals surface area contributed by atoms with Crippen molar-refractivity contribution in [3.8, 4) is 0 Å². The molecule has 2 fully saturated rings. The van der Waals surface area contributed by atoms with E-state index < -0.39 is 0 Å². The fourth-order valence-electron chi connectivity index (χ4n) is 2.82. The second-order valence-electron chi connectivity index (χ2n) is 6.53. The van der Waals surface area contributed by atoms with Gasteiger partial charge in [-0.3, -0.25) is 9.69 Å². The molecule has 0 unspecified atom stereocenters. The van der Waals surface area contributed by atoms with E-state index in [1.165, 1.54) is 22.9 Å². The van der Waals surface area contributed by atoms with E-state index in [-0.39, 0.29) is 11.9 Å². The monoisotopic (exact) mass is 308 g/mol. The third-order valence-corrected chi connectivity index (χ3v) is 5.38. The number of likely N-dealkylation sites (tertiary alicyclic amines) is 1. The van der Waals surface area contributed by atoms with E-state index in [0.717, 1.165) is 25.9 Å². The normalized spacial score (nSPS) is 20.9. The lowest BCUT2D eigenvalue weighted by atomic mass is 9.98. The van der Waals surface area contributed by atoms with Crippen LogP contribution in [0.15, 0.2) is 0 Å². The second-order valence-corrected chi connectivity index (χ2v) is 7.57. The molecule has 1 aromatic heterocycles. The highest BCUT2D eigenvalue weighted by molar-refractivity contribution is 7.11. The molecule has 2 aliphatic rings. The minimum atomic E-state index is 0.135. The Kier molecular flexibility index (Phi) is 4.54. The Morgan fingerprint density at radius 2 is 1.76 bits per heavy atom. The first-order chi connectivity index (χ1) is 10.1. The van der Waals surface area contributed by atoms with Crippen molar-refractivity contribution < 1.29 is 4.79 Å². The van der Waals surface area contributed by atoms with Crippen LogP contribution in [0.2, 0.25) is 0 Å². The molecule has 1 N–H and O–H groups in total. The van der Waals surface area contributed by atoms with Gasteiger partial charge in [-0.1, -0.05) is 0 Å². The summed E-state index contributed by atoms with van der Waals surface area (Å²) >= 11 is 1.81. The Balaban J connectivity index is 1.46. The van der Waals surface area contributed by atoms with Gasteiger partial charge >= 0.3 is 0 Å². The number of carbonyl (C=O) groups excluding carboxylic acids is 1. The number of carbonyl (C=O) groups is 1. The third-order valence-electron chi connectivity index (χ3n) is 4.14. The van der Waals surface area contributed by atoms with E-state index in [2.05, 4.69) is 20.4 Å². The summed E-state index contributed by atoms with van der Waals surface area (Å²) in [4.78, 5) is 14.0. The molecule has 116 valence electrons. The summed E-state index contributed by atoms with van der Waals surface area (Å²) in [6.45, 7) is 6.48. The van der Waals surface area contributed by atoms with Crippen molar-refractivity contribution in [2.45, 2.75) is 57.4 Å². The fraction of sp³-hybridized carbons (Fsp3) is 0.800. The van der Waals surface area contributed by atoms with E-state index in [1.54, 1.807) is 0 Å². The maximum absolute atomic E-state index is 11.8. The predicted octanol–water partition coefficient (Wildman–Crippen LogP) is 2.12. The second kappa shape index (κ2) is 6.40. The molecule has 0 aromatic carbocycles. The van der Waals surface area contributed by atoms with Crippen molar-refractivity contribution in [3.05, 3.63) is 10.0 Å². The van der Waals surface area contributed by atoms with Crippen molar-refractivity contribution in [2.75, 3.05) is 19.6 Å². The Morgan fingerprint density at radius 3 is 2.29 bits per heavy atom. The maximum atomic E-state index is 11.8. The number of hydrogen-bond acceptors (Lipinski definition) is 5. The van der Waals surface area contributed by atoms with Gasteiger partial charge in [0, 0.05) is 17.9 Å². The largest absolute Gasteiger partial charge is 0.353 e. The van der Waals surface area contributed by atoms with Crippen molar-refractivity contribution in [3.63, 3.8) is 0 Å². The lowest BCUT2D eigenvalue weighted by Crippen LogP contribution is -2.43. The first-order valence-corrected chi connectivity index (χ1v) is 8.78. The van der Waals surface area contributed by atoms with Crippen molar-refractivity contribution in [1.82, 2.24) is 20.4 Å².